The lowest BCUT2D eigenvalue weighted by Crippen LogP contribution is -2.15. The molecule has 3 aromatic carbocycles. The molecule has 1 aliphatic rings. The fourth-order valence-corrected chi connectivity index (χ4v) is 5.46. The molecule has 3 atom stereocenters. The summed E-state index contributed by atoms with van der Waals surface area (Å²) in [6.45, 7) is 0. The molecule has 0 aromatic heterocycles. The lowest BCUT2D eigenvalue weighted by atomic mass is 10.0. The van der Waals surface area contributed by atoms with Gasteiger partial charge in [0.15, 0.2) is 4.90 Å². The predicted octanol–water partition coefficient (Wildman–Crippen LogP) is 4.09. The maximum Gasteiger partial charge on any atom is 0.289 e. The normalized spacial score (nSPS) is 20.8. The Kier molecular flexibility index (Phi) is 4.81. The van der Waals surface area contributed by atoms with E-state index in [1.807, 2.05) is 42.5 Å². The molecule has 0 spiro atoms. The molecule has 7 nitrogen and oxygen atoms in total. The van der Waals surface area contributed by atoms with Gasteiger partial charge < -0.3 is 4.74 Å². The highest BCUT2D eigenvalue weighted by atomic mass is 32.2. The average Bonchev–Trinajstić information content (AvgIpc) is 3.51. The van der Waals surface area contributed by atoms with E-state index in [0.717, 1.165) is 11.1 Å². The molecule has 0 aliphatic carbocycles. The van der Waals surface area contributed by atoms with Crippen LogP contribution in [0.2, 0.25) is 0 Å². The topological polar surface area (TPSA) is 89.5 Å². The van der Waals surface area contributed by atoms with Gasteiger partial charge in [-0.1, -0.05) is 54.6 Å². The standard InChI is InChI=1S/C21H18N2O5S/c1-28-17-13-11-16(12-14-17)21-20(15-7-3-2-4-8-15)22(21)29(26,27)19-10-6-5-9-18(19)23(24)25/h2-14,20-21H,1H3/t20-,21-,22?/m1/s1. The smallest absolute Gasteiger partial charge is 0.289 e. The van der Waals surface area contributed by atoms with Crippen LogP contribution < -0.4 is 4.74 Å². The molecule has 0 saturated carbocycles. The van der Waals surface area contributed by atoms with E-state index in [-0.39, 0.29) is 4.90 Å². The molecule has 1 aliphatic heterocycles. The van der Waals surface area contributed by atoms with Gasteiger partial charge in [0.05, 0.1) is 24.1 Å². The Morgan fingerprint density at radius 3 is 2.00 bits per heavy atom. The number of ether oxygens (including phenoxy) is 1. The Morgan fingerprint density at radius 2 is 1.41 bits per heavy atom. The number of para-hydroxylation sites is 1. The summed E-state index contributed by atoms with van der Waals surface area (Å²) in [7, 11) is -2.53. The number of benzene rings is 3. The van der Waals surface area contributed by atoms with Gasteiger partial charge >= 0.3 is 0 Å². The van der Waals surface area contributed by atoms with E-state index in [0.29, 0.717) is 5.75 Å². The number of hydrogen-bond acceptors (Lipinski definition) is 5. The van der Waals surface area contributed by atoms with Crippen LogP contribution in [0.25, 0.3) is 0 Å². The minimum atomic E-state index is -4.09. The molecule has 1 heterocycles. The molecule has 0 radical (unpaired) electrons. The molecular weight excluding hydrogens is 392 g/mol. The first-order chi connectivity index (χ1) is 13.9. The Bertz CT molecular complexity index is 1150. The maximum atomic E-state index is 13.4. The van der Waals surface area contributed by atoms with Crippen molar-refractivity contribution in [2.24, 2.45) is 0 Å². The van der Waals surface area contributed by atoms with Crippen molar-refractivity contribution >= 4 is 15.7 Å². The van der Waals surface area contributed by atoms with Crippen LogP contribution in [-0.4, -0.2) is 24.8 Å². The van der Waals surface area contributed by atoms with E-state index in [9.17, 15) is 18.5 Å². The van der Waals surface area contributed by atoms with E-state index in [4.69, 9.17) is 4.74 Å². The van der Waals surface area contributed by atoms with Gasteiger partial charge in [-0.05, 0) is 29.3 Å². The van der Waals surface area contributed by atoms with Crippen molar-refractivity contribution in [3.05, 3.63) is 100 Å². The van der Waals surface area contributed by atoms with Crippen molar-refractivity contribution in [1.82, 2.24) is 4.31 Å². The highest BCUT2D eigenvalue weighted by Gasteiger charge is 2.58. The van der Waals surface area contributed by atoms with Crippen LogP contribution in [0.4, 0.5) is 5.69 Å². The average molecular weight is 410 g/mol. The summed E-state index contributed by atoms with van der Waals surface area (Å²) in [5, 5.41) is 11.4. The summed E-state index contributed by atoms with van der Waals surface area (Å²) < 4.78 is 33.3. The van der Waals surface area contributed by atoms with Crippen LogP contribution in [0, 0.1) is 10.1 Å². The van der Waals surface area contributed by atoms with E-state index in [1.165, 1.54) is 28.6 Å². The minimum absolute atomic E-state index is 0.304. The van der Waals surface area contributed by atoms with E-state index in [2.05, 4.69) is 0 Å². The van der Waals surface area contributed by atoms with Crippen molar-refractivity contribution < 1.29 is 18.1 Å². The summed E-state index contributed by atoms with van der Waals surface area (Å²) >= 11 is 0. The van der Waals surface area contributed by atoms with Gasteiger partial charge in [0.25, 0.3) is 15.7 Å². The lowest BCUT2D eigenvalue weighted by molar-refractivity contribution is -0.387. The predicted molar refractivity (Wildman–Crippen MR) is 107 cm³/mol. The third-order valence-electron chi connectivity index (χ3n) is 4.97. The summed E-state index contributed by atoms with van der Waals surface area (Å²) in [5.74, 6) is 0.666. The Balaban J connectivity index is 1.80. The van der Waals surface area contributed by atoms with Crippen molar-refractivity contribution in [2.75, 3.05) is 7.11 Å². The molecule has 1 fully saturated rings. The fourth-order valence-electron chi connectivity index (χ4n) is 3.56. The molecule has 29 heavy (non-hydrogen) atoms. The lowest BCUT2D eigenvalue weighted by Gasteiger charge is -2.08. The zero-order valence-electron chi connectivity index (χ0n) is 15.5. The van der Waals surface area contributed by atoms with Gasteiger partial charge in [0, 0.05) is 6.07 Å². The first-order valence-electron chi connectivity index (χ1n) is 8.91. The second-order valence-electron chi connectivity index (χ2n) is 6.63. The maximum absolute atomic E-state index is 13.4. The molecular formula is C21H18N2O5S. The first-order valence-corrected chi connectivity index (χ1v) is 10.3. The molecule has 8 heteroatoms. The Hall–Kier alpha value is -3.23. The molecule has 1 saturated heterocycles. The summed E-state index contributed by atoms with van der Waals surface area (Å²) in [4.78, 5) is 10.4. The number of hydrogen-bond donors (Lipinski definition) is 0. The second-order valence-corrected chi connectivity index (χ2v) is 8.44. The summed E-state index contributed by atoms with van der Waals surface area (Å²) in [6.07, 6.45) is 0. The molecule has 0 amide bonds. The van der Waals surface area contributed by atoms with Crippen LogP contribution in [0.1, 0.15) is 23.2 Å². The third-order valence-corrected chi connectivity index (χ3v) is 6.88. The number of rotatable bonds is 6. The van der Waals surface area contributed by atoms with Crippen LogP contribution in [0.5, 0.6) is 5.75 Å². The SMILES string of the molecule is COc1ccc([C@@H]2[C@@H](c3ccccc3)N2S(=O)(=O)c2ccccc2[N+](=O)[O-])cc1. The molecule has 148 valence electrons. The number of sulfonamides is 1. The monoisotopic (exact) mass is 410 g/mol. The van der Waals surface area contributed by atoms with Gasteiger partial charge in [-0.15, -0.1) is 0 Å². The van der Waals surface area contributed by atoms with Crippen molar-refractivity contribution in [2.45, 2.75) is 17.0 Å². The zero-order chi connectivity index (χ0) is 20.6. The highest BCUT2D eigenvalue weighted by molar-refractivity contribution is 7.89. The number of nitro benzene ring substituents is 1. The first kappa shape index (κ1) is 19.1. The number of methoxy groups -OCH3 is 1. The van der Waals surface area contributed by atoms with Crippen LogP contribution in [-0.2, 0) is 10.0 Å². The Labute approximate surface area is 168 Å². The molecule has 1 unspecified atom stereocenters. The minimum Gasteiger partial charge on any atom is -0.497 e. The number of nitro groups is 1. The van der Waals surface area contributed by atoms with Gasteiger partial charge in [-0.2, -0.15) is 4.31 Å². The molecule has 0 bridgehead atoms. The summed E-state index contributed by atoms with van der Waals surface area (Å²) in [6, 6.07) is 21.0. The van der Waals surface area contributed by atoms with Crippen molar-refractivity contribution in [3.63, 3.8) is 0 Å². The van der Waals surface area contributed by atoms with Crippen molar-refractivity contribution in [1.29, 1.82) is 0 Å². The Morgan fingerprint density at radius 1 is 0.862 bits per heavy atom. The summed E-state index contributed by atoms with van der Waals surface area (Å²) in [5.41, 5.74) is 1.19. The van der Waals surface area contributed by atoms with E-state index in [1.54, 1.807) is 19.2 Å². The van der Waals surface area contributed by atoms with E-state index < -0.39 is 32.7 Å². The fraction of sp³-hybridized carbons (Fsp3) is 0.143. The zero-order valence-corrected chi connectivity index (χ0v) is 16.3. The van der Waals surface area contributed by atoms with E-state index >= 15 is 0 Å². The highest BCUT2D eigenvalue weighted by Crippen LogP contribution is 2.58. The second kappa shape index (κ2) is 7.31. The van der Waals surface area contributed by atoms with Crippen LogP contribution in [0.15, 0.2) is 83.8 Å². The van der Waals surface area contributed by atoms with Gasteiger partial charge in [0.1, 0.15) is 5.75 Å². The molecule has 3 aromatic rings. The van der Waals surface area contributed by atoms with Crippen LogP contribution in [0.3, 0.4) is 0 Å². The van der Waals surface area contributed by atoms with Crippen LogP contribution >= 0.6 is 0 Å². The van der Waals surface area contributed by atoms with Gasteiger partial charge in [-0.3, -0.25) is 10.1 Å². The van der Waals surface area contributed by atoms with Gasteiger partial charge in [0.2, 0.25) is 0 Å². The largest absolute Gasteiger partial charge is 0.497 e. The molecule has 4 rings (SSSR count). The number of nitrogens with zero attached hydrogens (tertiary/aromatic N) is 2. The van der Waals surface area contributed by atoms with Gasteiger partial charge in [-0.25, -0.2) is 8.42 Å². The third kappa shape index (κ3) is 3.37. The molecule has 0 N–H and O–H groups in total. The quantitative estimate of drug-likeness (QED) is 0.347. The van der Waals surface area contributed by atoms with Crippen molar-refractivity contribution in [3.8, 4) is 5.75 Å².